The maximum absolute atomic E-state index is 4.65. The molecule has 0 radical (unpaired) electrons. The Morgan fingerprint density at radius 3 is 2.29 bits per heavy atom. The fourth-order valence-electron chi connectivity index (χ4n) is 1.51. The molecule has 1 atom stereocenters. The first-order chi connectivity index (χ1) is 7.70. The lowest BCUT2D eigenvalue weighted by molar-refractivity contribution is 0.395. The molecule has 0 aliphatic heterocycles. The largest absolute Gasteiger partial charge is 0.238 e. The number of nitrogens with zero attached hydrogens (tertiary/aromatic N) is 2. The van der Waals surface area contributed by atoms with Gasteiger partial charge in [0.25, 0.3) is 0 Å². The second kappa shape index (κ2) is 5.47. The third kappa shape index (κ3) is 4.38. The molecular formula is C14H23BrN2. The molecule has 1 heterocycles. The molecular weight excluding hydrogens is 276 g/mol. The Kier molecular flexibility index (Phi) is 4.70. The van der Waals surface area contributed by atoms with Crippen LogP contribution in [0.2, 0.25) is 0 Å². The quantitative estimate of drug-likeness (QED) is 0.779. The molecule has 96 valence electrons. The van der Waals surface area contributed by atoms with Crippen LogP contribution in [-0.4, -0.2) is 14.8 Å². The third-order valence-corrected chi connectivity index (χ3v) is 4.47. The van der Waals surface area contributed by atoms with Gasteiger partial charge in [0, 0.05) is 28.6 Å². The first-order valence-electron chi connectivity index (χ1n) is 6.18. The Bertz CT molecular complexity index is 380. The minimum absolute atomic E-state index is 0.247. The molecule has 0 aliphatic carbocycles. The maximum Gasteiger partial charge on any atom is 0.131 e. The van der Waals surface area contributed by atoms with Crippen LogP contribution >= 0.6 is 15.9 Å². The summed E-state index contributed by atoms with van der Waals surface area (Å²) in [7, 11) is 0. The average molecular weight is 299 g/mol. The summed E-state index contributed by atoms with van der Waals surface area (Å²) in [6.07, 6.45) is 0.951. The van der Waals surface area contributed by atoms with Crippen LogP contribution in [0.4, 0.5) is 0 Å². The van der Waals surface area contributed by atoms with Crippen molar-refractivity contribution in [2.24, 2.45) is 5.41 Å². The molecule has 1 aromatic rings. The first kappa shape index (κ1) is 14.6. The van der Waals surface area contributed by atoms with Crippen molar-refractivity contribution in [3.63, 3.8) is 0 Å². The smallest absolute Gasteiger partial charge is 0.131 e. The molecule has 0 bridgehead atoms. The zero-order valence-electron chi connectivity index (χ0n) is 11.7. The van der Waals surface area contributed by atoms with Gasteiger partial charge in [-0.2, -0.15) is 0 Å². The Morgan fingerprint density at radius 2 is 1.82 bits per heavy atom. The summed E-state index contributed by atoms with van der Waals surface area (Å²) < 4.78 is 0. The van der Waals surface area contributed by atoms with Gasteiger partial charge < -0.3 is 0 Å². The molecule has 1 unspecified atom stereocenters. The highest BCUT2D eigenvalue weighted by molar-refractivity contribution is 9.09. The van der Waals surface area contributed by atoms with Gasteiger partial charge in [-0.1, -0.05) is 50.5 Å². The van der Waals surface area contributed by atoms with Gasteiger partial charge in [-0.05, 0) is 18.4 Å². The number of hydrogen-bond donors (Lipinski definition) is 0. The second-order valence-corrected chi connectivity index (χ2v) is 7.16. The summed E-state index contributed by atoms with van der Waals surface area (Å²) in [4.78, 5) is 9.56. The number of hydrogen-bond acceptors (Lipinski definition) is 2. The van der Waals surface area contributed by atoms with Gasteiger partial charge >= 0.3 is 0 Å². The minimum Gasteiger partial charge on any atom is -0.238 e. The molecule has 0 aliphatic rings. The average Bonchev–Trinajstić information content (AvgIpc) is 2.14. The monoisotopic (exact) mass is 298 g/mol. The van der Waals surface area contributed by atoms with E-state index in [9.17, 15) is 0 Å². The van der Waals surface area contributed by atoms with E-state index in [4.69, 9.17) is 0 Å². The topological polar surface area (TPSA) is 25.8 Å². The lowest BCUT2D eigenvalue weighted by Gasteiger charge is -2.25. The van der Waals surface area contributed by atoms with Crippen LogP contribution < -0.4 is 0 Å². The number of alkyl halides is 1. The maximum atomic E-state index is 4.65. The highest BCUT2D eigenvalue weighted by Gasteiger charge is 2.22. The van der Waals surface area contributed by atoms with E-state index in [0.29, 0.717) is 10.7 Å². The number of halogens is 1. The van der Waals surface area contributed by atoms with E-state index in [0.717, 1.165) is 23.6 Å². The predicted molar refractivity (Wildman–Crippen MR) is 76.7 cm³/mol. The second-order valence-electron chi connectivity index (χ2n) is 6.05. The van der Waals surface area contributed by atoms with Crippen molar-refractivity contribution in [1.82, 2.24) is 9.97 Å². The van der Waals surface area contributed by atoms with Crippen LogP contribution in [0.1, 0.15) is 57.7 Å². The lowest BCUT2D eigenvalue weighted by Crippen LogP contribution is -2.23. The van der Waals surface area contributed by atoms with Crippen molar-refractivity contribution >= 4 is 15.9 Å². The van der Waals surface area contributed by atoms with Crippen molar-refractivity contribution in [2.45, 2.75) is 58.7 Å². The van der Waals surface area contributed by atoms with Crippen molar-refractivity contribution in [3.05, 3.63) is 23.3 Å². The SMILES string of the molecule is Cc1cc(CC(Br)C(C)(C)C)nc(C(C)C)n1. The van der Waals surface area contributed by atoms with Crippen molar-refractivity contribution < 1.29 is 0 Å². The van der Waals surface area contributed by atoms with Gasteiger partial charge in [0.2, 0.25) is 0 Å². The van der Waals surface area contributed by atoms with Gasteiger partial charge in [-0.3, -0.25) is 0 Å². The Labute approximate surface area is 113 Å². The molecule has 0 saturated carbocycles. The number of aromatic nitrogens is 2. The van der Waals surface area contributed by atoms with E-state index in [-0.39, 0.29) is 5.41 Å². The molecule has 0 saturated heterocycles. The van der Waals surface area contributed by atoms with Gasteiger partial charge in [0.1, 0.15) is 5.82 Å². The van der Waals surface area contributed by atoms with Crippen LogP contribution in [0.25, 0.3) is 0 Å². The third-order valence-electron chi connectivity index (χ3n) is 2.77. The fraction of sp³-hybridized carbons (Fsp3) is 0.714. The summed E-state index contributed by atoms with van der Waals surface area (Å²) in [5.74, 6) is 1.34. The molecule has 0 fully saturated rings. The zero-order chi connectivity index (χ0) is 13.2. The van der Waals surface area contributed by atoms with Gasteiger partial charge in [-0.25, -0.2) is 9.97 Å². The van der Waals surface area contributed by atoms with Gasteiger partial charge in [0.15, 0.2) is 0 Å². The van der Waals surface area contributed by atoms with Gasteiger partial charge in [-0.15, -0.1) is 0 Å². The molecule has 1 rings (SSSR count). The van der Waals surface area contributed by atoms with E-state index in [1.54, 1.807) is 0 Å². The zero-order valence-corrected chi connectivity index (χ0v) is 13.3. The molecule has 3 heteroatoms. The summed E-state index contributed by atoms with van der Waals surface area (Å²) in [6.45, 7) is 13.0. The number of rotatable bonds is 3. The Hall–Kier alpha value is -0.440. The lowest BCUT2D eigenvalue weighted by atomic mass is 9.89. The predicted octanol–water partition coefficient (Wildman–Crippen LogP) is 4.26. The van der Waals surface area contributed by atoms with Crippen molar-refractivity contribution in [3.8, 4) is 0 Å². The standard InChI is InChI=1S/C14H23BrN2/c1-9(2)13-16-10(3)7-11(17-13)8-12(15)14(4,5)6/h7,9,12H,8H2,1-6H3. The van der Waals surface area contributed by atoms with Crippen LogP contribution in [0.3, 0.4) is 0 Å². The Morgan fingerprint density at radius 1 is 1.24 bits per heavy atom. The van der Waals surface area contributed by atoms with Crippen LogP contribution in [0, 0.1) is 12.3 Å². The molecule has 0 N–H and O–H groups in total. The summed E-state index contributed by atoms with van der Waals surface area (Å²) in [5.41, 5.74) is 2.45. The fourth-order valence-corrected chi connectivity index (χ4v) is 1.84. The number of aryl methyl sites for hydroxylation is 1. The van der Waals surface area contributed by atoms with Crippen LogP contribution in [0.15, 0.2) is 6.07 Å². The summed E-state index contributed by atoms with van der Waals surface area (Å²) in [6, 6.07) is 2.09. The molecule has 0 aromatic carbocycles. The molecule has 1 aromatic heterocycles. The highest BCUT2D eigenvalue weighted by Crippen LogP contribution is 2.28. The van der Waals surface area contributed by atoms with E-state index in [1.165, 1.54) is 0 Å². The first-order valence-corrected chi connectivity index (χ1v) is 7.10. The van der Waals surface area contributed by atoms with E-state index >= 15 is 0 Å². The van der Waals surface area contributed by atoms with E-state index in [1.807, 2.05) is 6.92 Å². The Balaban J connectivity index is 2.92. The highest BCUT2D eigenvalue weighted by atomic mass is 79.9. The van der Waals surface area contributed by atoms with Crippen LogP contribution in [-0.2, 0) is 6.42 Å². The van der Waals surface area contributed by atoms with E-state index < -0.39 is 0 Å². The normalized spacial score (nSPS) is 14.1. The molecule has 2 nitrogen and oxygen atoms in total. The summed E-state index contributed by atoms with van der Waals surface area (Å²) in [5, 5.41) is 0. The molecule has 0 spiro atoms. The van der Waals surface area contributed by atoms with Crippen molar-refractivity contribution in [2.75, 3.05) is 0 Å². The van der Waals surface area contributed by atoms with Crippen molar-refractivity contribution in [1.29, 1.82) is 0 Å². The molecule has 17 heavy (non-hydrogen) atoms. The minimum atomic E-state index is 0.247. The van der Waals surface area contributed by atoms with Crippen LogP contribution in [0.5, 0.6) is 0 Å². The summed E-state index contributed by atoms with van der Waals surface area (Å²) >= 11 is 3.76. The molecule has 0 amide bonds. The van der Waals surface area contributed by atoms with Gasteiger partial charge in [0.05, 0.1) is 0 Å². The van der Waals surface area contributed by atoms with E-state index in [2.05, 4.69) is 66.6 Å².